The molecule has 0 saturated carbocycles. The van der Waals surface area contributed by atoms with E-state index < -0.39 is 0 Å². The molecule has 5 heteroatoms. The summed E-state index contributed by atoms with van der Waals surface area (Å²) in [6.45, 7) is 5.58. The van der Waals surface area contributed by atoms with E-state index in [-0.39, 0.29) is 6.10 Å². The van der Waals surface area contributed by atoms with Crippen LogP contribution in [0.4, 0.5) is 5.69 Å². The van der Waals surface area contributed by atoms with E-state index in [4.69, 9.17) is 9.26 Å². The first-order valence-electron chi connectivity index (χ1n) is 9.43. The highest BCUT2D eigenvalue weighted by Crippen LogP contribution is 2.33. The molecule has 2 heterocycles. The molecule has 0 radical (unpaired) electrons. The van der Waals surface area contributed by atoms with Crippen LogP contribution in [0.5, 0.6) is 5.75 Å². The van der Waals surface area contributed by atoms with Gasteiger partial charge >= 0.3 is 0 Å². The molecule has 0 fully saturated rings. The lowest BCUT2D eigenvalue weighted by molar-refractivity contribution is 0.134. The third-order valence-corrected chi connectivity index (χ3v) is 4.87. The maximum Gasteiger partial charge on any atom is 0.151 e. The second-order valence-corrected chi connectivity index (χ2v) is 6.99. The molecule has 0 aliphatic carbocycles. The van der Waals surface area contributed by atoms with Crippen LogP contribution in [0.3, 0.4) is 0 Å². The van der Waals surface area contributed by atoms with Gasteiger partial charge in [-0.05, 0) is 26.1 Å². The third-order valence-electron chi connectivity index (χ3n) is 4.87. The molecule has 5 nitrogen and oxygen atoms in total. The van der Waals surface area contributed by atoms with Gasteiger partial charge in [-0.3, -0.25) is 4.90 Å². The summed E-state index contributed by atoms with van der Waals surface area (Å²) in [5, 5.41) is 4.20. The molecule has 4 rings (SSSR count). The molecular weight excluding hydrogens is 338 g/mol. The van der Waals surface area contributed by atoms with Crippen molar-refractivity contribution in [3.8, 4) is 17.0 Å². The lowest BCUT2D eigenvalue weighted by Crippen LogP contribution is -2.45. The molecule has 3 aromatic rings. The number of fused-ring (bicyclic) bond motifs is 1. The highest BCUT2D eigenvalue weighted by molar-refractivity contribution is 5.60. The summed E-state index contributed by atoms with van der Waals surface area (Å²) >= 11 is 0. The first kappa shape index (κ1) is 17.6. The van der Waals surface area contributed by atoms with E-state index in [9.17, 15) is 0 Å². The normalized spacial score (nSPS) is 16.3. The van der Waals surface area contributed by atoms with Crippen LogP contribution in [-0.4, -0.2) is 42.8 Å². The van der Waals surface area contributed by atoms with Gasteiger partial charge in [-0.2, -0.15) is 0 Å². The Kier molecular flexibility index (Phi) is 5.12. The van der Waals surface area contributed by atoms with Gasteiger partial charge in [0.15, 0.2) is 5.76 Å². The molecule has 0 N–H and O–H groups in total. The highest BCUT2D eigenvalue weighted by Gasteiger charge is 2.25. The monoisotopic (exact) mass is 363 g/mol. The summed E-state index contributed by atoms with van der Waals surface area (Å²) in [4.78, 5) is 4.60. The predicted molar refractivity (Wildman–Crippen MR) is 107 cm³/mol. The van der Waals surface area contributed by atoms with E-state index >= 15 is 0 Å². The Balaban J connectivity index is 1.39. The first-order chi connectivity index (χ1) is 13.2. The van der Waals surface area contributed by atoms with Gasteiger partial charge in [0.25, 0.3) is 0 Å². The van der Waals surface area contributed by atoms with Crippen molar-refractivity contribution in [2.45, 2.75) is 19.6 Å². The molecule has 2 aromatic carbocycles. The number of benzene rings is 2. The van der Waals surface area contributed by atoms with Crippen molar-refractivity contribution < 1.29 is 9.26 Å². The average molecular weight is 363 g/mol. The van der Waals surface area contributed by atoms with Crippen molar-refractivity contribution in [2.24, 2.45) is 0 Å². The molecule has 1 atom stereocenters. The van der Waals surface area contributed by atoms with Crippen LogP contribution in [0, 0.1) is 0 Å². The lowest BCUT2D eigenvalue weighted by atomic mass is 10.1. The Hall–Kier alpha value is -2.79. The largest absolute Gasteiger partial charge is 0.485 e. The number of rotatable bonds is 6. The molecule has 0 spiro atoms. The van der Waals surface area contributed by atoms with Gasteiger partial charge in [0, 0.05) is 24.7 Å². The fourth-order valence-corrected chi connectivity index (χ4v) is 3.58. The van der Waals surface area contributed by atoms with Crippen molar-refractivity contribution in [1.82, 2.24) is 10.1 Å². The molecule has 0 unspecified atom stereocenters. The zero-order chi connectivity index (χ0) is 18.6. The summed E-state index contributed by atoms with van der Waals surface area (Å²) in [6.07, 6.45) is 0.126. The van der Waals surface area contributed by atoms with Gasteiger partial charge in [0.05, 0.1) is 18.8 Å². The standard InChI is InChI=1S/C22H25N3O2/c1-3-25-16-19(26-22-12-8-7-11-21(22)25)15-24(2)14-18-13-20(23-27-18)17-9-5-4-6-10-17/h4-13,19H,3,14-16H2,1-2H3/t19-/m0/s1. The van der Waals surface area contributed by atoms with Crippen molar-refractivity contribution in [2.75, 3.05) is 31.6 Å². The minimum absolute atomic E-state index is 0.126. The summed E-state index contributed by atoms with van der Waals surface area (Å²) in [6, 6.07) is 20.4. The molecule has 0 bridgehead atoms. The molecule has 1 aliphatic rings. The molecule has 0 saturated heterocycles. The molecular formula is C22H25N3O2. The fraction of sp³-hybridized carbons (Fsp3) is 0.318. The number of anilines is 1. The van der Waals surface area contributed by atoms with E-state index in [2.05, 4.69) is 41.1 Å². The molecule has 0 amide bonds. The van der Waals surface area contributed by atoms with E-state index in [1.54, 1.807) is 0 Å². The van der Waals surface area contributed by atoms with Crippen LogP contribution in [0.25, 0.3) is 11.3 Å². The average Bonchev–Trinajstić information content (AvgIpc) is 3.16. The van der Waals surface area contributed by atoms with Crippen molar-refractivity contribution in [3.63, 3.8) is 0 Å². The van der Waals surface area contributed by atoms with Crippen LogP contribution in [0.2, 0.25) is 0 Å². The van der Waals surface area contributed by atoms with Crippen LogP contribution >= 0.6 is 0 Å². The third kappa shape index (κ3) is 3.98. The second kappa shape index (κ2) is 7.84. The maximum absolute atomic E-state index is 6.22. The van der Waals surface area contributed by atoms with E-state index in [1.807, 2.05) is 48.5 Å². The number of nitrogens with zero attached hydrogens (tertiary/aromatic N) is 3. The number of para-hydroxylation sites is 2. The smallest absolute Gasteiger partial charge is 0.151 e. The number of likely N-dealkylation sites (N-methyl/N-ethyl adjacent to an activating group) is 2. The van der Waals surface area contributed by atoms with Gasteiger partial charge in [0.2, 0.25) is 0 Å². The maximum atomic E-state index is 6.22. The zero-order valence-corrected chi connectivity index (χ0v) is 15.8. The Morgan fingerprint density at radius 1 is 1.11 bits per heavy atom. The van der Waals surface area contributed by atoms with Gasteiger partial charge in [0.1, 0.15) is 17.5 Å². The Bertz CT molecular complexity index is 878. The van der Waals surface area contributed by atoms with Gasteiger partial charge in [-0.1, -0.05) is 47.6 Å². The highest BCUT2D eigenvalue weighted by atomic mass is 16.5. The number of hydrogen-bond donors (Lipinski definition) is 0. The Morgan fingerprint density at radius 2 is 1.89 bits per heavy atom. The van der Waals surface area contributed by atoms with Crippen molar-refractivity contribution >= 4 is 5.69 Å². The van der Waals surface area contributed by atoms with Crippen molar-refractivity contribution in [1.29, 1.82) is 0 Å². The number of ether oxygens (including phenoxy) is 1. The number of hydrogen-bond acceptors (Lipinski definition) is 5. The van der Waals surface area contributed by atoms with Crippen LogP contribution < -0.4 is 9.64 Å². The quantitative estimate of drug-likeness (QED) is 0.661. The first-order valence-corrected chi connectivity index (χ1v) is 9.43. The minimum atomic E-state index is 0.126. The fourth-order valence-electron chi connectivity index (χ4n) is 3.58. The Labute approximate surface area is 160 Å². The van der Waals surface area contributed by atoms with Crippen LogP contribution in [-0.2, 0) is 6.54 Å². The predicted octanol–water partition coefficient (Wildman–Crippen LogP) is 4.06. The van der Waals surface area contributed by atoms with Crippen molar-refractivity contribution in [3.05, 3.63) is 66.4 Å². The van der Waals surface area contributed by atoms with E-state index in [1.165, 1.54) is 5.69 Å². The van der Waals surface area contributed by atoms with Crippen LogP contribution in [0.1, 0.15) is 12.7 Å². The second-order valence-electron chi connectivity index (χ2n) is 6.99. The molecule has 1 aliphatic heterocycles. The summed E-state index contributed by atoms with van der Waals surface area (Å²) in [7, 11) is 2.09. The molecule has 27 heavy (non-hydrogen) atoms. The summed E-state index contributed by atoms with van der Waals surface area (Å²) in [5.74, 6) is 1.83. The van der Waals surface area contributed by atoms with Gasteiger partial charge in [-0.15, -0.1) is 0 Å². The zero-order valence-electron chi connectivity index (χ0n) is 15.8. The summed E-state index contributed by atoms with van der Waals surface area (Å²) in [5.41, 5.74) is 3.13. The molecule has 140 valence electrons. The van der Waals surface area contributed by atoms with E-state index in [0.29, 0.717) is 6.54 Å². The van der Waals surface area contributed by atoms with Gasteiger partial charge < -0.3 is 14.2 Å². The minimum Gasteiger partial charge on any atom is -0.485 e. The summed E-state index contributed by atoms with van der Waals surface area (Å²) < 4.78 is 11.8. The van der Waals surface area contributed by atoms with E-state index in [0.717, 1.165) is 42.4 Å². The lowest BCUT2D eigenvalue weighted by Gasteiger charge is -2.37. The SMILES string of the molecule is CCN1C[C@H](CN(C)Cc2cc(-c3ccccc3)no2)Oc2ccccc21. The topological polar surface area (TPSA) is 41.7 Å². The molecule has 1 aromatic heterocycles. The van der Waals surface area contributed by atoms with Crippen LogP contribution in [0.15, 0.2) is 65.2 Å². The number of aromatic nitrogens is 1. The Morgan fingerprint density at radius 3 is 2.70 bits per heavy atom. The van der Waals surface area contributed by atoms with Gasteiger partial charge in [-0.25, -0.2) is 0 Å².